The standard InChI is InChI=1S/C15H23NO/c1-4-7-15(8-5-2)16-11-9-14(10-12-16)13-17-6-3/h4-8,14H,1,3,9-13H2,2H3/b8-5-,15-7+. The first-order valence-corrected chi connectivity index (χ1v) is 6.24. The van der Waals surface area contributed by atoms with Gasteiger partial charge in [-0.25, -0.2) is 0 Å². The number of hydrogen-bond acceptors (Lipinski definition) is 2. The molecule has 0 atom stereocenters. The number of nitrogens with zero attached hydrogens (tertiary/aromatic N) is 1. The summed E-state index contributed by atoms with van der Waals surface area (Å²) < 4.78 is 5.26. The van der Waals surface area contributed by atoms with E-state index in [4.69, 9.17) is 4.74 Å². The van der Waals surface area contributed by atoms with Gasteiger partial charge in [0.15, 0.2) is 0 Å². The predicted molar refractivity (Wildman–Crippen MR) is 73.5 cm³/mol. The molecule has 0 spiro atoms. The molecular formula is C15H23NO. The third kappa shape index (κ3) is 4.51. The minimum Gasteiger partial charge on any atom is -0.502 e. The summed E-state index contributed by atoms with van der Waals surface area (Å²) in [5.74, 6) is 0.667. The first-order chi connectivity index (χ1) is 8.31. The Labute approximate surface area is 105 Å². The van der Waals surface area contributed by atoms with Crippen molar-refractivity contribution in [2.45, 2.75) is 19.8 Å². The Morgan fingerprint density at radius 2 is 2.06 bits per heavy atom. The number of likely N-dealkylation sites (tertiary alicyclic amines) is 1. The lowest BCUT2D eigenvalue weighted by atomic mass is 9.97. The molecule has 1 rings (SSSR count). The zero-order valence-electron chi connectivity index (χ0n) is 10.8. The minimum atomic E-state index is 0.667. The van der Waals surface area contributed by atoms with Crippen molar-refractivity contribution in [2.24, 2.45) is 5.92 Å². The average Bonchev–Trinajstić information content (AvgIpc) is 2.37. The Hall–Kier alpha value is -1.44. The van der Waals surface area contributed by atoms with E-state index in [0.29, 0.717) is 5.92 Å². The lowest BCUT2D eigenvalue weighted by Gasteiger charge is -2.33. The quantitative estimate of drug-likeness (QED) is 0.514. The number of ether oxygens (including phenoxy) is 1. The summed E-state index contributed by atoms with van der Waals surface area (Å²) in [5.41, 5.74) is 1.26. The fourth-order valence-corrected chi connectivity index (χ4v) is 2.12. The van der Waals surface area contributed by atoms with Crippen molar-refractivity contribution in [1.29, 1.82) is 0 Å². The van der Waals surface area contributed by atoms with E-state index >= 15 is 0 Å². The van der Waals surface area contributed by atoms with Crippen LogP contribution in [0, 0.1) is 5.92 Å². The minimum absolute atomic E-state index is 0.667. The molecular weight excluding hydrogens is 210 g/mol. The maximum Gasteiger partial charge on any atom is 0.0902 e. The third-order valence-electron chi connectivity index (χ3n) is 3.06. The van der Waals surface area contributed by atoms with Crippen molar-refractivity contribution in [3.05, 3.63) is 49.4 Å². The van der Waals surface area contributed by atoms with E-state index < -0.39 is 0 Å². The summed E-state index contributed by atoms with van der Waals surface area (Å²) in [6, 6.07) is 0. The number of piperidine rings is 1. The van der Waals surface area contributed by atoms with E-state index in [9.17, 15) is 0 Å². The second kappa shape index (κ2) is 7.77. The highest BCUT2D eigenvalue weighted by Crippen LogP contribution is 2.21. The van der Waals surface area contributed by atoms with Gasteiger partial charge < -0.3 is 9.64 Å². The van der Waals surface area contributed by atoms with Crippen molar-refractivity contribution in [3.8, 4) is 0 Å². The largest absolute Gasteiger partial charge is 0.502 e. The summed E-state index contributed by atoms with van der Waals surface area (Å²) in [7, 11) is 0. The maximum atomic E-state index is 5.26. The SMILES string of the molecule is C=C/C=C(\C=C/C)N1CCC(COC=C)CC1. The first kappa shape index (κ1) is 13.6. The molecule has 94 valence electrons. The zero-order chi connectivity index (χ0) is 12.5. The summed E-state index contributed by atoms with van der Waals surface area (Å²) in [6.07, 6.45) is 12.0. The highest BCUT2D eigenvalue weighted by Gasteiger charge is 2.19. The molecule has 0 unspecified atom stereocenters. The molecule has 1 aliphatic rings. The van der Waals surface area contributed by atoms with Crippen molar-refractivity contribution in [3.63, 3.8) is 0 Å². The molecule has 1 saturated heterocycles. The van der Waals surface area contributed by atoms with Crippen LogP contribution in [-0.4, -0.2) is 24.6 Å². The van der Waals surface area contributed by atoms with Gasteiger partial charge in [-0.2, -0.15) is 0 Å². The number of allylic oxidation sites excluding steroid dienone is 4. The lowest BCUT2D eigenvalue weighted by Crippen LogP contribution is -2.33. The van der Waals surface area contributed by atoms with Crippen LogP contribution in [0.5, 0.6) is 0 Å². The van der Waals surface area contributed by atoms with Crippen molar-refractivity contribution in [2.75, 3.05) is 19.7 Å². The molecule has 0 aromatic heterocycles. The van der Waals surface area contributed by atoms with Gasteiger partial charge in [-0.15, -0.1) is 0 Å². The lowest BCUT2D eigenvalue weighted by molar-refractivity contribution is 0.138. The van der Waals surface area contributed by atoms with Crippen LogP contribution >= 0.6 is 0 Å². The normalized spacial score (nSPS) is 18.4. The topological polar surface area (TPSA) is 12.5 Å². The Morgan fingerprint density at radius 1 is 1.35 bits per heavy atom. The van der Waals surface area contributed by atoms with Gasteiger partial charge in [0.25, 0.3) is 0 Å². The van der Waals surface area contributed by atoms with Crippen LogP contribution in [0.2, 0.25) is 0 Å². The summed E-state index contributed by atoms with van der Waals surface area (Å²) in [5, 5.41) is 0. The molecule has 0 aliphatic carbocycles. The van der Waals surface area contributed by atoms with Crippen LogP contribution in [0.4, 0.5) is 0 Å². The second-order valence-electron chi connectivity index (χ2n) is 4.26. The van der Waals surface area contributed by atoms with Crippen molar-refractivity contribution < 1.29 is 4.74 Å². The fourth-order valence-electron chi connectivity index (χ4n) is 2.12. The molecule has 17 heavy (non-hydrogen) atoms. The molecule has 2 heteroatoms. The fraction of sp³-hybridized carbons (Fsp3) is 0.467. The molecule has 0 N–H and O–H groups in total. The Kier molecular flexibility index (Phi) is 6.23. The Morgan fingerprint density at radius 3 is 2.59 bits per heavy atom. The average molecular weight is 233 g/mol. The monoisotopic (exact) mass is 233 g/mol. The molecule has 1 fully saturated rings. The highest BCUT2D eigenvalue weighted by molar-refractivity contribution is 5.22. The second-order valence-corrected chi connectivity index (χ2v) is 4.26. The molecule has 0 amide bonds. The van der Waals surface area contributed by atoms with Gasteiger partial charge in [-0.3, -0.25) is 0 Å². The molecule has 0 aromatic rings. The third-order valence-corrected chi connectivity index (χ3v) is 3.06. The van der Waals surface area contributed by atoms with Crippen molar-refractivity contribution >= 4 is 0 Å². The summed E-state index contributed by atoms with van der Waals surface area (Å²) in [6.45, 7) is 12.4. The molecule has 0 saturated carbocycles. The molecule has 1 aliphatic heterocycles. The van der Waals surface area contributed by atoms with E-state index in [2.05, 4.69) is 36.3 Å². The highest BCUT2D eigenvalue weighted by atomic mass is 16.5. The molecule has 0 bridgehead atoms. The van der Waals surface area contributed by atoms with Crippen LogP contribution in [-0.2, 0) is 4.74 Å². The zero-order valence-corrected chi connectivity index (χ0v) is 10.8. The number of hydrogen-bond donors (Lipinski definition) is 0. The van der Waals surface area contributed by atoms with Crippen LogP contribution in [0.25, 0.3) is 0 Å². The van der Waals surface area contributed by atoms with Crippen LogP contribution in [0.15, 0.2) is 49.4 Å². The van der Waals surface area contributed by atoms with E-state index in [1.807, 2.05) is 13.0 Å². The van der Waals surface area contributed by atoms with Gasteiger partial charge in [0.1, 0.15) is 0 Å². The Balaban J connectivity index is 2.46. The first-order valence-electron chi connectivity index (χ1n) is 6.24. The maximum absolute atomic E-state index is 5.26. The summed E-state index contributed by atoms with van der Waals surface area (Å²) in [4.78, 5) is 2.41. The smallest absolute Gasteiger partial charge is 0.0902 e. The summed E-state index contributed by atoms with van der Waals surface area (Å²) >= 11 is 0. The van der Waals surface area contributed by atoms with E-state index in [-0.39, 0.29) is 0 Å². The predicted octanol–water partition coefficient (Wildman–Crippen LogP) is 3.50. The van der Waals surface area contributed by atoms with E-state index in [0.717, 1.165) is 19.7 Å². The Bertz CT molecular complexity index is 296. The van der Waals surface area contributed by atoms with Crippen LogP contribution in [0.3, 0.4) is 0 Å². The molecule has 0 radical (unpaired) electrons. The van der Waals surface area contributed by atoms with Crippen LogP contribution < -0.4 is 0 Å². The van der Waals surface area contributed by atoms with Crippen molar-refractivity contribution in [1.82, 2.24) is 4.90 Å². The van der Waals surface area contributed by atoms with Gasteiger partial charge in [-0.1, -0.05) is 25.3 Å². The van der Waals surface area contributed by atoms with Gasteiger partial charge in [0, 0.05) is 18.8 Å². The molecule has 2 nitrogen and oxygen atoms in total. The molecule has 0 aromatic carbocycles. The van der Waals surface area contributed by atoms with Crippen LogP contribution in [0.1, 0.15) is 19.8 Å². The molecule has 1 heterocycles. The van der Waals surface area contributed by atoms with Gasteiger partial charge >= 0.3 is 0 Å². The number of rotatable bonds is 6. The van der Waals surface area contributed by atoms with Gasteiger partial charge in [-0.05, 0) is 37.8 Å². The van der Waals surface area contributed by atoms with E-state index in [1.54, 1.807) is 0 Å². The van der Waals surface area contributed by atoms with E-state index in [1.165, 1.54) is 24.8 Å². The van der Waals surface area contributed by atoms with Gasteiger partial charge in [0.05, 0.1) is 12.9 Å². The van der Waals surface area contributed by atoms with Gasteiger partial charge in [0.2, 0.25) is 0 Å².